The molecule has 0 saturated carbocycles. The molecule has 0 bridgehead atoms. The van der Waals surface area contributed by atoms with Gasteiger partial charge in [0, 0.05) is 11.8 Å². The summed E-state index contributed by atoms with van der Waals surface area (Å²) in [5.41, 5.74) is 0.965. The van der Waals surface area contributed by atoms with Crippen LogP contribution in [0.5, 0.6) is 0 Å². The van der Waals surface area contributed by atoms with Gasteiger partial charge in [0.15, 0.2) is 0 Å². The van der Waals surface area contributed by atoms with E-state index in [1.165, 1.54) is 0 Å². The summed E-state index contributed by atoms with van der Waals surface area (Å²) in [6, 6.07) is 10.2. The molecule has 2 aromatic rings. The molecule has 1 aliphatic heterocycles. The van der Waals surface area contributed by atoms with Crippen LogP contribution in [0.1, 0.15) is 23.3 Å². The van der Waals surface area contributed by atoms with Crippen molar-refractivity contribution in [3.8, 4) is 0 Å². The molecule has 21 heavy (non-hydrogen) atoms. The SMILES string of the molecule is O=C1CCC(NC(=O)c2ccc3ccccc3n2)C(=O)N1. The van der Waals surface area contributed by atoms with Gasteiger partial charge in [-0.25, -0.2) is 4.98 Å². The molecule has 3 amide bonds. The molecule has 1 saturated heterocycles. The summed E-state index contributed by atoms with van der Waals surface area (Å²) in [6.45, 7) is 0. The molecule has 2 heterocycles. The van der Waals surface area contributed by atoms with Crippen LogP contribution in [0.2, 0.25) is 0 Å². The molecular formula is C15H13N3O3. The maximum absolute atomic E-state index is 12.1. The summed E-state index contributed by atoms with van der Waals surface area (Å²) >= 11 is 0. The number of fused-ring (bicyclic) bond motifs is 1. The van der Waals surface area contributed by atoms with Crippen molar-refractivity contribution in [1.82, 2.24) is 15.6 Å². The fourth-order valence-electron chi connectivity index (χ4n) is 2.26. The van der Waals surface area contributed by atoms with Gasteiger partial charge in [0.25, 0.3) is 5.91 Å². The fourth-order valence-corrected chi connectivity index (χ4v) is 2.26. The fraction of sp³-hybridized carbons (Fsp3) is 0.200. The molecule has 1 aliphatic rings. The third kappa shape index (κ3) is 2.74. The number of amides is 3. The first-order valence-electron chi connectivity index (χ1n) is 6.64. The Morgan fingerprint density at radius 3 is 2.81 bits per heavy atom. The van der Waals surface area contributed by atoms with Crippen LogP contribution in [0.3, 0.4) is 0 Å². The number of carbonyl (C=O) groups excluding carboxylic acids is 3. The van der Waals surface area contributed by atoms with Gasteiger partial charge >= 0.3 is 0 Å². The molecule has 1 aromatic carbocycles. The zero-order valence-corrected chi connectivity index (χ0v) is 11.1. The van der Waals surface area contributed by atoms with E-state index in [4.69, 9.17) is 0 Å². The number of nitrogens with one attached hydrogen (secondary N) is 2. The van der Waals surface area contributed by atoms with E-state index in [0.29, 0.717) is 11.9 Å². The van der Waals surface area contributed by atoms with Crippen molar-refractivity contribution in [2.24, 2.45) is 0 Å². The highest BCUT2D eigenvalue weighted by Gasteiger charge is 2.28. The van der Waals surface area contributed by atoms with E-state index >= 15 is 0 Å². The van der Waals surface area contributed by atoms with Crippen LogP contribution < -0.4 is 10.6 Å². The monoisotopic (exact) mass is 283 g/mol. The van der Waals surface area contributed by atoms with Gasteiger partial charge in [0.05, 0.1) is 5.52 Å². The Labute approximate surface area is 120 Å². The van der Waals surface area contributed by atoms with Crippen LogP contribution in [-0.4, -0.2) is 28.7 Å². The number of carbonyl (C=O) groups is 3. The van der Waals surface area contributed by atoms with E-state index in [9.17, 15) is 14.4 Å². The number of rotatable bonds is 2. The van der Waals surface area contributed by atoms with Gasteiger partial charge in [-0.1, -0.05) is 24.3 Å². The van der Waals surface area contributed by atoms with Crippen molar-refractivity contribution in [2.75, 3.05) is 0 Å². The first-order chi connectivity index (χ1) is 10.1. The molecule has 0 aliphatic carbocycles. The lowest BCUT2D eigenvalue weighted by Gasteiger charge is -2.21. The summed E-state index contributed by atoms with van der Waals surface area (Å²) in [4.78, 5) is 39.1. The van der Waals surface area contributed by atoms with Gasteiger partial charge in [-0.15, -0.1) is 0 Å². The highest BCUT2D eigenvalue weighted by Crippen LogP contribution is 2.12. The summed E-state index contributed by atoms with van der Waals surface area (Å²) in [6.07, 6.45) is 0.534. The number of aromatic nitrogens is 1. The van der Waals surface area contributed by atoms with E-state index in [1.54, 1.807) is 6.07 Å². The van der Waals surface area contributed by atoms with Gasteiger partial charge in [0.1, 0.15) is 11.7 Å². The lowest BCUT2D eigenvalue weighted by molar-refractivity contribution is -0.134. The van der Waals surface area contributed by atoms with Crippen LogP contribution in [-0.2, 0) is 9.59 Å². The molecule has 6 heteroatoms. The van der Waals surface area contributed by atoms with Crippen molar-refractivity contribution in [3.63, 3.8) is 0 Å². The molecular weight excluding hydrogens is 270 g/mol. The minimum absolute atomic E-state index is 0.224. The largest absolute Gasteiger partial charge is 0.339 e. The van der Waals surface area contributed by atoms with Gasteiger partial charge in [-0.2, -0.15) is 0 Å². The second kappa shape index (κ2) is 5.32. The molecule has 0 radical (unpaired) electrons. The zero-order valence-electron chi connectivity index (χ0n) is 11.1. The first-order valence-corrected chi connectivity index (χ1v) is 6.64. The highest BCUT2D eigenvalue weighted by molar-refractivity contribution is 6.03. The van der Waals surface area contributed by atoms with Gasteiger partial charge < -0.3 is 5.32 Å². The molecule has 1 aromatic heterocycles. The quantitative estimate of drug-likeness (QED) is 0.797. The number of piperidine rings is 1. The smallest absolute Gasteiger partial charge is 0.270 e. The molecule has 0 spiro atoms. The van der Waals surface area contributed by atoms with Crippen molar-refractivity contribution in [3.05, 3.63) is 42.1 Å². The predicted molar refractivity (Wildman–Crippen MR) is 75.4 cm³/mol. The lowest BCUT2D eigenvalue weighted by atomic mass is 10.1. The van der Waals surface area contributed by atoms with Gasteiger partial charge in [0.2, 0.25) is 11.8 Å². The predicted octanol–water partition coefficient (Wildman–Crippen LogP) is 0.770. The standard InChI is InChI=1S/C15H13N3O3/c19-13-8-7-12(15(21)18-13)17-14(20)11-6-5-9-3-1-2-4-10(9)16-11/h1-6,12H,7-8H2,(H,17,20)(H,18,19,21). The second-order valence-electron chi connectivity index (χ2n) is 4.87. The Hall–Kier alpha value is -2.76. The van der Waals surface area contributed by atoms with E-state index < -0.39 is 17.9 Å². The second-order valence-corrected chi connectivity index (χ2v) is 4.87. The number of nitrogens with zero attached hydrogens (tertiary/aromatic N) is 1. The normalized spacial score (nSPS) is 18.4. The Morgan fingerprint density at radius 2 is 2.00 bits per heavy atom. The van der Waals surface area contributed by atoms with Crippen molar-refractivity contribution in [1.29, 1.82) is 0 Å². The number of pyridine rings is 1. The van der Waals surface area contributed by atoms with E-state index in [2.05, 4.69) is 15.6 Å². The van der Waals surface area contributed by atoms with Gasteiger partial charge in [-0.3, -0.25) is 19.7 Å². The minimum atomic E-state index is -0.691. The maximum atomic E-state index is 12.1. The minimum Gasteiger partial charge on any atom is -0.339 e. The van der Waals surface area contributed by atoms with E-state index in [1.807, 2.05) is 30.3 Å². The number of hydrogen-bond donors (Lipinski definition) is 2. The topological polar surface area (TPSA) is 88.2 Å². The molecule has 1 fully saturated rings. The zero-order chi connectivity index (χ0) is 14.8. The number of para-hydroxylation sites is 1. The summed E-state index contributed by atoms with van der Waals surface area (Å²) in [5.74, 6) is -1.20. The van der Waals surface area contributed by atoms with Crippen molar-refractivity contribution < 1.29 is 14.4 Å². The Morgan fingerprint density at radius 1 is 1.19 bits per heavy atom. The lowest BCUT2D eigenvalue weighted by Crippen LogP contribution is -2.52. The molecule has 3 rings (SSSR count). The van der Waals surface area contributed by atoms with Crippen LogP contribution in [0, 0.1) is 0 Å². The van der Waals surface area contributed by atoms with Crippen molar-refractivity contribution in [2.45, 2.75) is 18.9 Å². The number of imide groups is 1. The molecule has 2 N–H and O–H groups in total. The van der Waals surface area contributed by atoms with Crippen molar-refractivity contribution >= 4 is 28.6 Å². The maximum Gasteiger partial charge on any atom is 0.270 e. The Bertz CT molecular complexity index is 742. The first kappa shape index (κ1) is 13.2. The van der Waals surface area contributed by atoms with Crippen LogP contribution >= 0.6 is 0 Å². The molecule has 1 unspecified atom stereocenters. The number of benzene rings is 1. The molecule has 106 valence electrons. The average Bonchev–Trinajstić information content (AvgIpc) is 2.49. The third-order valence-electron chi connectivity index (χ3n) is 3.38. The van der Waals surface area contributed by atoms with E-state index in [0.717, 1.165) is 5.39 Å². The summed E-state index contributed by atoms with van der Waals surface area (Å²) < 4.78 is 0. The highest BCUT2D eigenvalue weighted by atomic mass is 16.2. The third-order valence-corrected chi connectivity index (χ3v) is 3.38. The summed E-state index contributed by atoms with van der Waals surface area (Å²) in [5, 5.41) is 5.75. The average molecular weight is 283 g/mol. The van der Waals surface area contributed by atoms with E-state index in [-0.39, 0.29) is 18.0 Å². The number of hydrogen-bond acceptors (Lipinski definition) is 4. The van der Waals surface area contributed by atoms with Gasteiger partial charge in [-0.05, 0) is 18.6 Å². The van der Waals surface area contributed by atoms with Crippen LogP contribution in [0.25, 0.3) is 10.9 Å². The summed E-state index contributed by atoms with van der Waals surface area (Å²) in [7, 11) is 0. The van der Waals surface area contributed by atoms with Crippen LogP contribution in [0.4, 0.5) is 0 Å². The molecule has 1 atom stereocenters. The van der Waals surface area contributed by atoms with Crippen LogP contribution in [0.15, 0.2) is 36.4 Å². The Balaban J connectivity index is 1.77. The molecule has 6 nitrogen and oxygen atoms in total. The Kier molecular flexibility index (Phi) is 3.35.